The summed E-state index contributed by atoms with van der Waals surface area (Å²) in [7, 11) is -2.07. The van der Waals surface area contributed by atoms with Crippen molar-refractivity contribution < 1.29 is 17.9 Å². The predicted molar refractivity (Wildman–Crippen MR) is 142 cm³/mol. The molecule has 188 valence electrons. The number of carbonyl (C=O) groups is 1. The molecule has 36 heavy (non-hydrogen) atoms. The van der Waals surface area contributed by atoms with Crippen LogP contribution in [0.25, 0.3) is 0 Å². The molecule has 0 radical (unpaired) electrons. The summed E-state index contributed by atoms with van der Waals surface area (Å²) < 4.78 is 33.3. The van der Waals surface area contributed by atoms with Gasteiger partial charge < -0.3 is 14.5 Å². The third-order valence-corrected chi connectivity index (χ3v) is 8.89. The fourth-order valence-corrected chi connectivity index (χ4v) is 6.49. The molecule has 5 rings (SSSR count). The van der Waals surface area contributed by atoms with E-state index in [-0.39, 0.29) is 10.8 Å². The van der Waals surface area contributed by atoms with Crippen LogP contribution in [-0.2, 0) is 16.4 Å². The van der Waals surface area contributed by atoms with E-state index in [9.17, 15) is 13.2 Å². The molecule has 0 aliphatic carbocycles. The average molecular weight is 526 g/mol. The predicted octanol–water partition coefficient (Wildman–Crippen LogP) is 4.45. The molecule has 2 aliphatic rings. The molecule has 0 bridgehead atoms. The van der Waals surface area contributed by atoms with Gasteiger partial charge in [-0.1, -0.05) is 11.6 Å². The topological polar surface area (TPSA) is 70.2 Å². The van der Waals surface area contributed by atoms with Gasteiger partial charge in [0, 0.05) is 49.0 Å². The molecule has 0 N–H and O–H groups in total. The summed E-state index contributed by atoms with van der Waals surface area (Å²) in [4.78, 5) is 17.6. The first-order valence-electron chi connectivity index (χ1n) is 12.0. The molecule has 0 aromatic heterocycles. The van der Waals surface area contributed by atoms with Crippen LogP contribution in [0.5, 0.6) is 5.75 Å². The number of aryl methyl sites for hydroxylation is 1. The molecule has 2 heterocycles. The van der Waals surface area contributed by atoms with Crippen molar-refractivity contribution in [3.63, 3.8) is 0 Å². The van der Waals surface area contributed by atoms with Gasteiger partial charge in [-0.25, -0.2) is 8.42 Å². The fourth-order valence-electron chi connectivity index (χ4n) is 4.82. The highest BCUT2D eigenvalue weighted by Crippen LogP contribution is 2.33. The summed E-state index contributed by atoms with van der Waals surface area (Å²) in [6.45, 7) is 3.14. The van der Waals surface area contributed by atoms with Gasteiger partial charge in [-0.3, -0.25) is 9.10 Å². The molecule has 1 amide bonds. The van der Waals surface area contributed by atoms with Gasteiger partial charge in [0.1, 0.15) is 5.75 Å². The van der Waals surface area contributed by atoms with Crippen molar-refractivity contribution in [3.8, 4) is 5.75 Å². The molecule has 0 spiro atoms. The van der Waals surface area contributed by atoms with Gasteiger partial charge in [-0.2, -0.15) is 0 Å². The van der Waals surface area contributed by atoms with Crippen LogP contribution in [0.15, 0.2) is 71.6 Å². The number of sulfonamides is 1. The van der Waals surface area contributed by atoms with E-state index in [0.29, 0.717) is 42.3 Å². The van der Waals surface area contributed by atoms with Gasteiger partial charge in [-0.05, 0) is 85.1 Å². The Morgan fingerprint density at radius 2 is 1.58 bits per heavy atom. The van der Waals surface area contributed by atoms with Crippen molar-refractivity contribution in [2.45, 2.75) is 17.7 Å². The zero-order valence-electron chi connectivity index (χ0n) is 20.1. The highest BCUT2D eigenvalue weighted by Gasteiger charge is 2.30. The Hall–Kier alpha value is -3.23. The maximum absolute atomic E-state index is 13.3. The van der Waals surface area contributed by atoms with E-state index in [1.165, 1.54) is 16.4 Å². The largest absolute Gasteiger partial charge is 0.497 e. The van der Waals surface area contributed by atoms with Gasteiger partial charge in [0.05, 0.1) is 17.7 Å². The highest BCUT2D eigenvalue weighted by molar-refractivity contribution is 7.92. The van der Waals surface area contributed by atoms with Crippen LogP contribution in [0.2, 0.25) is 5.02 Å². The number of ether oxygens (including phenoxy) is 1. The second-order valence-corrected chi connectivity index (χ2v) is 11.3. The normalized spacial score (nSPS) is 16.0. The number of benzene rings is 3. The molecule has 9 heteroatoms. The third kappa shape index (κ3) is 4.75. The van der Waals surface area contributed by atoms with E-state index in [2.05, 4.69) is 4.90 Å². The monoisotopic (exact) mass is 525 g/mol. The molecule has 1 saturated heterocycles. The van der Waals surface area contributed by atoms with Crippen LogP contribution in [0, 0.1) is 0 Å². The Kier molecular flexibility index (Phi) is 6.81. The summed E-state index contributed by atoms with van der Waals surface area (Å²) in [5.74, 6) is 0.796. The number of carbonyl (C=O) groups excluding carboxylic acids is 1. The van der Waals surface area contributed by atoms with Crippen LogP contribution >= 0.6 is 11.6 Å². The van der Waals surface area contributed by atoms with E-state index < -0.39 is 10.0 Å². The van der Waals surface area contributed by atoms with E-state index >= 15 is 0 Å². The lowest BCUT2D eigenvalue weighted by Gasteiger charge is -2.36. The van der Waals surface area contributed by atoms with Gasteiger partial charge >= 0.3 is 0 Å². The Labute approximate surface area is 216 Å². The Morgan fingerprint density at radius 3 is 2.25 bits per heavy atom. The SMILES string of the molecule is COc1ccc(N2CCN(C(=O)c3ccc4c(c3)CCCN4S(=O)(=O)c3ccc(Cl)cc3)CC2)cc1. The van der Waals surface area contributed by atoms with Crippen molar-refractivity contribution in [2.24, 2.45) is 0 Å². The maximum Gasteiger partial charge on any atom is 0.264 e. The first kappa shape index (κ1) is 24.5. The smallest absolute Gasteiger partial charge is 0.264 e. The van der Waals surface area contributed by atoms with E-state index in [4.69, 9.17) is 16.3 Å². The Balaban J connectivity index is 1.30. The number of nitrogens with zero attached hydrogens (tertiary/aromatic N) is 3. The molecule has 1 fully saturated rings. The highest BCUT2D eigenvalue weighted by atomic mass is 35.5. The van der Waals surface area contributed by atoms with E-state index in [0.717, 1.165) is 36.5 Å². The molecule has 3 aromatic carbocycles. The summed E-state index contributed by atoms with van der Waals surface area (Å²) in [5, 5.41) is 0.487. The summed E-state index contributed by atoms with van der Waals surface area (Å²) >= 11 is 5.94. The summed E-state index contributed by atoms with van der Waals surface area (Å²) in [5.41, 5.74) is 3.22. The standard InChI is InChI=1S/C27H28ClN3O4S/c1-35-24-9-7-23(8-10-24)29-15-17-30(18-16-29)27(32)21-4-13-26-20(19-21)3-2-14-31(26)36(33,34)25-11-5-22(28)6-12-25/h4-13,19H,2-3,14-18H2,1H3. The van der Waals surface area contributed by atoms with Crippen molar-refractivity contribution in [3.05, 3.63) is 82.9 Å². The minimum Gasteiger partial charge on any atom is -0.497 e. The second kappa shape index (κ2) is 10.0. The fraction of sp³-hybridized carbons (Fsp3) is 0.296. The molecule has 7 nitrogen and oxygen atoms in total. The number of anilines is 2. The zero-order chi connectivity index (χ0) is 25.3. The molecular weight excluding hydrogens is 498 g/mol. The minimum absolute atomic E-state index is 0.0233. The van der Waals surface area contributed by atoms with Gasteiger partial charge in [0.15, 0.2) is 0 Å². The molecule has 3 aromatic rings. The van der Waals surface area contributed by atoms with Gasteiger partial charge in [0.25, 0.3) is 15.9 Å². The van der Waals surface area contributed by atoms with Crippen molar-refractivity contribution in [1.29, 1.82) is 0 Å². The first-order valence-corrected chi connectivity index (χ1v) is 13.8. The van der Waals surface area contributed by atoms with Crippen molar-refractivity contribution >= 4 is 38.9 Å². The number of hydrogen-bond donors (Lipinski definition) is 0. The molecule has 2 aliphatic heterocycles. The van der Waals surface area contributed by atoms with Crippen LogP contribution in [0.3, 0.4) is 0 Å². The van der Waals surface area contributed by atoms with Crippen LogP contribution in [-0.4, -0.2) is 59.1 Å². The molecule has 0 saturated carbocycles. The third-order valence-electron chi connectivity index (χ3n) is 6.81. The number of fused-ring (bicyclic) bond motifs is 1. The molecule has 0 atom stereocenters. The average Bonchev–Trinajstić information content (AvgIpc) is 2.92. The number of piperazine rings is 1. The Morgan fingerprint density at radius 1 is 0.889 bits per heavy atom. The quantitative estimate of drug-likeness (QED) is 0.492. The lowest BCUT2D eigenvalue weighted by molar-refractivity contribution is 0.0746. The Bertz CT molecular complexity index is 1350. The van der Waals surface area contributed by atoms with Crippen LogP contribution in [0.4, 0.5) is 11.4 Å². The molecule has 0 unspecified atom stereocenters. The summed E-state index contributed by atoms with van der Waals surface area (Å²) in [6, 6.07) is 19.5. The minimum atomic E-state index is -3.72. The van der Waals surface area contributed by atoms with E-state index in [1.54, 1.807) is 31.4 Å². The van der Waals surface area contributed by atoms with Crippen molar-refractivity contribution in [1.82, 2.24) is 4.90 Å². The first-order chi connectivity index (χ1) is 17.4. The van der Waals surface area contributed by atoms with Gasteiger partial charge in [-0.15, -0.1) is 0 Å². The lowest BCUT2D eigenvalue weighted by Crippen LogP contribution is -2.48. The summed E-state index contributed by atoms with van der Waals surface area (Å²) in [6.07, 6.45) is 1.42. The maximum atomic E-state index is 13.3. The molecular formula is C27H28ClN3O4S. The van der Waals surface area contributed by atoms with Crippen LogP contribution in [0.1, 0.15) is 22.3 Å². The number of methoxy groups -OCH3 is 1. The van der Waals surface area contributed by atoms with Crippen LogP contribution < -0.4 is 13.9 Å². The number of amides is 1. The number of hydrogen-bond acceptors (Lipinski definition) is 5. The second-order valence-electron chi connectivity index (χ2n) is 8.96. The van der Waals surface area contributed by atoms with Gasteiger partial charge in [0.2, 0.25) is 0 Å². The van der Waals surface area contributed by atoms with Crippen molar-refractivity contribution in [2.75, 3.05) is 49.0 Å². The zero-order valence-corrected chi connectivity index (χ0v) is 21.6. The van der Waals surface area contributed by atoms with E-state index in [1.807, 2.05) is 35.2 Å². The lowest BCUT2D eigenvalue weighted by atomic mass is 10.00. The number of rotatable bonds is 5. The number of halogens is 1.